The minimum atomic E-state index is -4.06. The molecule has 0 aliphatic rings. The fourth-order valence-corrected chi connectivity index (χ4v) is 5.16. The summed E-state index contributed by atoms with van der Waals surface area (Å²) < 4.78 is 35.1. The molecule has 0 spiro atoms. The van der Waals surface area contributed by atoms with Crippen LogP contribution in [0.4, 0.5) is 11.4 Å². The molecule has 0 saturated heterocycles. The summed E-state index contributed by atoms with van der Waals surface area (Å²) in [6.45, 7) is 4.80. The highest BCUT2D eigenvalue weighted by atomic mass is 32.2. The molecule has 0 radical (unpaired) electrons. The molecule has 31 heavy (non-hydrogen) atoms. The number of nitrogens with zero attached hydrogens (tertiary/aromatic N) is 3. The number of amides is 1. The second kappa shape index (κ2) is 8.81. The summed E-state index contributed by atoms with van der Waals surface area (Å²) in [5.74, 6) is 0.132. The molecule has 0 aliphatic carbocycles. The molecule has 1 amide bonds. The van der Waals surface area contributed by atoms with Gasteiger partial charge in [0.25, 0.3) is 10.0 Å². The lowest BCUT2D eigenvalue weighted by atomic mass is 10.2. The average Bonchev–Trinajstić information content (AvgIpc) is 3.00. The van der Waals surface area contributed by atoms with E-state index in [4.69, 9.17) is 4.74 Å². The number of hydrogen-bond donors (Lipinski definition) is 1. The Morgan fingerprint density at radius 2 is 1.74 bits per heavy atom. The van der Waals surface area contributed by atoms with E-state index in [9.17, 15) is 13.2 Å². The maximum atomic E-state index is 13.7. The van der Waals surface area contributed by atoms with Crippen LogP contribution < -0.4 is 14.4 Å². The highest BCUT2D eigenvalue weighted by Gasteiger charge is 2.32. The summed E-state index contributed by atoms with van der Waals surface area (Å²) in [6.07, 6.45) is 0. The summed E-state index contributed by atoms with van der Waals surface area (Å²) in [6, 6.07) is 13.8. The molecule has 3 aromatic rings. The van der Waals surface area contributed by atoms with Crippen molar-refractivity contribution in [2.24, 2.45) is 7.05 Å². The van der Waals surface area contributed by atoms with E-state index >= 15 is 0 Å². The van der Waals surface area contributed by atoms with Gasteiger partial charge in [0.15, 0.2) is 0 Å². The van der Waals surface area contributed by atoms with Crippen molar-refractivity contribution in [2.45, 2.75) is 25.7 Å². The zero-order valence-corrected chi connectivity index (χ0v) is 19.0. The van der Waals surface area contributed by atoms with E-state index in [1.165, 1.54) is 11.8 Å². The second-order valence-corrected chi connectivity index (χ2v) is 9.00. The van der Waals surface area contributed by atoms with Gasteiger partial charge in [0.05, 0.1) is 24.2 Å². The van der Waals surface area contributed by atoms with Gasteiger partial charge in [-0.05, 0) is 56.7 Å². The fraction of sp³-hybridized carbons (Fsp3) is 0.273. The molecular weight excluding hydrogens is 416 g/mol. The first kappa shape index (κ1) is 22.4. The van der Waals surface area contributed by atoms with Crippen molar-refractivity contribution in [1.29, 1.82) is 0 Å². The quantitative estimate of drug-likeness (QED) is 0.607. The van der Waals surface area contributed by atoms with Crippen LogP contribution in [0.25, 0.3) is 0 Å². The normalized spacial score (nSPS) is 11.3. The topological polar surface area (TPSA) is 93.5 Å². The van der Waals surface area contributed by atoms with Crippen molar-refractivity contribution >= 4 is 27.3 Å². The molecular formula is C22H26N4O4S. The van der Waals surface area contributed by atoms with Crippen molar-refractivity contribution in [3.63, 3.8) is 0 Å². The molecule has 0 fully saturated rings. The van der Waals surface area contributed by atoms with E-state index in [1.807, 2.05) is 25.1 Å². The number of sulfonamides is 1. The Kier molecular flexibility index (Phi) is 6.35. The summed E-state index contributed by atoms with van der Waals surface area (Å²) in [5.41, 5.74) is 2.73. The van der Waals surface area contributed by atoms with Gasteiger partial charge in [0.2, 0.25) is 5.91 Å². The molecule has 0 bridgehead atoms. The van der Waals surface area contributed by atoms with E-state index in [-0.39, 0.29) is 4.90 Å². The number of anilines is 2. The number of hydrogen-bond acceptors (Lipinski definition) is 5. The van der Waals surface area contributed by atoms with E-state index in [2.05, 4.69) is 10.4 Å². The van der Waals surface area contributed by atoms with Crippen LogP contribution in [0, 0.1) is 20.8 Å². The summed E-state index contributed by atoms with van der Waals surface area (Å²) >= 11 is 0. The Labute approximate surface area is 182 Å². The smallest absolute Gasteiger partial charge is 0.268 e. The first-order valence-electron chi connectivity index (χ1n) is 9.67. The van der Waals surface area contributed by atoms with E-state index < -0.39 is 22.5 Å². The van der Waals surface area contributed by atoms with Crippen molar-refractivity contribution in [1.82, 2.24) is 9.78 Å². The van der Waals surface area contributed by atoms with Gasteiger partial charge in [0, 0.05) is 12.7 Å². The van der Waals surface area contributed by atoms with Crippen LogP contribution in [-0.2, 0) is 21.9 Å². The SMILES string of the molecule is COc1ccc(N(CC(=O)Nc2ccccc2C)S(=O)(=O)c2c(C)nn(C)c2C)cc1. The lowest BCUT2D eigenvalue weighted by Crippen LogP contribution is -2.38. The third-order valence-corrected chi connectivity index (χ3v) is 7.08. The van der Waals surface area contributed by atoms with Crippen molar-refractivity contribution in [2.75, 3.05) is 23.3 Å². The molecule has 0 atom stereocenters. The zero-order chi connectivity index (χ0) is 22.8. The molecule has 0 aliphatic heterocycles. The first-order chi connectivity index (χ1) is 14.6. The average molecular weight is 443 g/mol. The number of aromatic nitrogens is 2. The number of methoxy groups -OCH3 is 1. The number of carbonyl (C=O) groups excluding carboxylic acids is 1. The number of ether oxygens (including phenoxy) is 1. The number of nitrogens with one attached hydrogen (secondary N) is 1. The van der Waals surface area contributed by atoms with Crippen LogP contribution in [0.5, 0.6) is 5.75 Å². The number of para-hydroxylation sites is 1. The summed E-state index contributed by atoms with van der Waals surface area (Å²) in [7, 11) is -0.850. The molecule has 164 valence electrons. The van der Waals surface area contributed by atoms with Crippen LogP contribution in [0.2, 0.25) is 0 Å². The standard InChI is InChI=1S/C22H26N4O4S/c1-15-8-6-7-9-20(15)23-21(27)14-26(18-10-12-19(30-5)13-11-18)31(28,29)22-16(2)24-25(4)17(22)3/h6-13H,14H2,1-5H3,(H,23,27). The number of rotatable bonds is 7. The minimum absolute atomic E-state index is 0.0921. The third kappa shape index (κ3) is 4.56. The van der Waals surface area contributed by atoms with Gasteiger partial charge in [-0.1, -0.05) is 18.2 Å². The van der Waals surface area contributed by atoms with Crippen LogP contribution in [0.3, 0.4) is 0 Å². The Bertz CT molecular complexity index is 1200. The lowest BCUT2D eigenvalue weighted by molar-refractivity contribution is -0.114. The van der Waals surface area contributed by atoms with E-state index in [0.717, 1.165) is 9.87 Å². The van der Waals surface area contributed by atoms with Gasteiger partial charge >= 0.3 is 0 Å². The van der Waals surface area contributed by atoms with Gasteiger partial charge in [-0.25, -0.2) is 8.42 Å². The van der Waals surface area contributed by atoms with Crippen LogP contribution in [-0.4, -0.2) is 37.8 Å². The Hall–Kier alpha value is -3.33. The van der Waals surface area contributed by atoms with Crippen LogP contribution in [0.1, 0.15) is 17.0 Å². The van der Waals surface area contributed by atoms with E-state index in [0.29, 0.717) is 28.5 Å². The number of benzene rings is 2. The monoisotopic (exact) mass is 442 g/mol. The molecule has 1 aromatic heterocycles. The second-order valence-electron chi connectivity index (χ2n) is 7.20. The van der Waals surface area contributed by atoms with Crippen molar-refractivity contribution < 1.29 is 17.9 Å². The van der Waals surface area contributed by atoms with Gasteiger partial charge in [-0.3, -0.25) is 13.8 Å². The highest BCUT2D eigenvalue weighted by molar-refractivity contribution is 7.93. The maximum absolute atomic E-state index is 13.7. The molecule has 9 heteroatoms. The molecule has 8 nitrogen and oxygen atoms in total. The zero-order valence-electron chi connectivity index (χ0n) is 18.2. The Morgan fingerprint density at radius 3 is 2.29 bits per heavy atom. The Morgan fingerprint density at radius 1 is 1.10 bits per heavy atom. The predicted octanol–water partition coefficient (Wildman–Crippen LogP) is 3.19. The van der Waals surface area contributed by atoms with Crippen LogP contribution >= 0.6 is 0 Å². The molecule has 2 aromatic carbocycles. The van der Waals surface area contributed by atoms with E-state index in [1.54, 1.807) is 51.2 Å². The lowest BCUT2D eigenvalue weighted by Gasteiger charge is -2.24. The van der Waals surface area contributed by atoms with Crippen molar-refractivity contribution in [3.05, 3.63) is 65.5 Å². The largest absolute Gasteiger partial charge is 0.497 e. The third-order valence-electron chi connectivity index (χ3n) is 5.06. The molecule has 0 unspecified atom stereocenters. The van der Waals surface area contributed by atoms with Gasteiger partial charge in [0.1, 0.15) is 17.2 Å². The number of aryl methyl sites for hydroxylation is 3. The Balaban J connectivity index is 2.02. The van der Waals surface area contributed by atoms with Gasteiger partial charge < -0.3 is 10.1 Å². The molecule has 1 N–H and O–H groups in total. The maximum Gasteiger partial charge on any atom is 0.268 e. The van der Waals surface area contributed by atoms with Crippen LogP contribution in [0.15, 0.2) is 53.4 Å². The summed E-state index contributed by atoms with van der Waals surface area (Å²) in [5, 5.41) is 7.03. The van der Waals surface area contributed by atoms with Crippen molar-refractivity contribution in [3.8, 4) is 5.75 Å². The predicted molar refractivity (Wildman–Crippen MR) is 120 cm³/mol. The fourth-order valence-electron chi connectivity index (χ4n) is 3.33. The molecule has 1 heterocycles. The molecule has 0 saturated carbocycles. The first-order valence-corrected chi connectivity index (χ1v) is 11.1. The van der Waals surface area contributed by atoms with Gasteiger partial charge in [-0.2, -0.15) is 5.10 Å². The molecule has 3 rings (SSSR count). The number of carbonyl (C=O) groups is 1. The van der Waals surface area contributed by atoms with Gasteiger partial charge in [-0.15, -0.1) is 0 Å². The summed E-state index contributed by atoms with van der Waals surface area (Å²) in [4.78, 5) is 13.0. The minimum Gasteiger partial charge on any atom is -0.497 e. The highest BCUT2D eigenvalue weighted by Crippen LogP contribution is 2.29.